The fourth-order valence-electron chi connectivity index (χ4n) is 3.50. The van der Waals surface area contributed by atoms with Crippen LogP contribution in [0, 0.1) is 13.8 Å². The molecule has 6 nitrogen and oxygen atoms in total. The van der Waals surface area contributed by atoms with Gasteiger partial charge < -0.3 is 0 Å². The molecule has 0 radical (unpaired) electrons. The Labute approximate surface area is 172 Å². The average molecular weight is 415 g/mol. The largest absolute Gasteiger partial charge is 0.274 e. The van der Waals surface area contributed by atoms with Crippen molar-refractivity contribution >= 4 is 27.5 Å². The van der Waals surface area contributed by atoms with E-state index in [1.807, 2.05) is 32.9 Å². The van der Waals surface area contributed by atoms with Crippen molar-refractivity contribution in [3.8, 4) is 0 Å². The van der Waals surface area contributed by atoms with Gasteiger partial charge in [0, 0.05) is 6.04 Å². The summed E-state index contributed by atoms with van der Waals surface area (Å²) in [5, 5.41) is 0. The van der Waals surface area contributed by atoms with E-state index in [0.717, 1.165) is 16.0 Å². The summed E-state index contributed by atoms with van der Waals surface area (Å²) in [5.41, 5.74) is 2.41. The van der Waals surface area contributed by atoms with Crippen LogP contribution in [-0.2, 0) is 19.6 Å². The summed E-state index contributed by atoms with van der Waals surface area (Å²) in [4.78, 5) is 27.1. The van der Waals surface area contributed by atoms with E-state index >= 15 is 0 Å². The van der Waals surface area contributed by atoms with Crippen LogP contribution in [0.5, 0.6) is 0 Å². The highest BCUT2D eigenvalue weighted by Gasteiger charge is 2.48. The summed E-state index contributed by atoms with van der Waals surface area (Å²) in [5.74, 6) is -0.897. The van der Waals surface area contributed by atoms with E-state index in [2.05, 4.69) is 0 Å². The zero-order valence-corrected chi connectivity index (χ0v) is 17.9. The summed E-state index contributed by atoms with van der Waals surface area (Å²) < 4.78 is 28.0. The molecule has 1 aliphatic heterocycles. The number of benzene rings is 2. The molecule has 154 valence electrons. The zero-order chi connectivity index (χ0) is 21.3. The fraction of sp³-hybridized carbons (Fsp3) is 0.364. The molecule has 2 amide bonds. The lowest BCUT2D eigenvalue weighted by Gasteiger charge is -2.31. The van der Waals surface area contributed by atoms with Gasteiger partial charge in [0.1, 0.15) is 6.04 Å². The lowest BCUT2D eigenvalue weighted by molar-refractivity contribution is -0.122. The molecular weight excluding hydrogens is 388 g/mol. The van der Waals surface area contributed by atoms with Gasteiger partial charge in [-0.3, -0.25) is 9.59 Å². The highest BCUT2D eigenvalue weighted by Crippen LogP contribution is 2.31. The molecule has 0 spiro atoms. The van der Waals surface area contributed by atoms with Crippen LogP contribution < -0.4 is 4.90 Å². The van der Waals surface area contributed by atoms with Crippen LogP contribution in [-0.4, -0.2) is 36.6 Å². The summed E-state index contributed by atoms with van der Waals surface area (Å²) in [6, 6.07) is 12.1. The molecule has 2 unspecified atom stereocenters. The molecule has 0 saturated carbocycles. The standard InChI is InChI=1S/C22H26N2O4S/c1-5-17(4)24(29(27,28)19-12-8-16(3)9-13-19)20-14-21(25)23(22(20)26)18-10-6-15(2)7-11-18/h6-13,17,20H,5,14H2,1-4H3. The van der Waals surface area contributed by atoms with Gasteiger partial charge in [-0.2, -0.15) is 4.31 Å². The van der Waals surface area contributed by atoms with E-state index in [9.17, 15) is 18.0 Å². The van der Waals surface area contributed by atoms with Gasteiger partial charge in [-0.15, -0.1) is 0 Å². The van der Waals surface area contributed by atoms with Crippen LogP contribution in [0.15, 0.2) is 53.4 Å². The van der Waals surface area contributed by atoms with Gasteiger partial charge in [0.2, 0.25) is 15.9 Å². The first-order valence-corrected chi connectivity index (χ1v) is 11.1. The number of anilines is 1. The van der Waals surface area contributed by atoms with E-state index in [1.54, 1.807) is 43.3 Å². The number of sulfonamides is 1. The lowest BCUT2D eigenvalue weighted by atomic mass is 10.2. The summed E-state index contributed by atoms with van der Waals surface area (Å²) in [6.07, 6.45) is 0.357. The third-order valence-corrected chi connectivity index (χ3v) is 7.38. The number of imide groups is 1. The summed E-state index contributed by atoms with van der Waals surface area (Å²) in [6.45, 7) is 7.42. The Balaban J connectivity index is 2.01. The second-order valence-corrected chi connectivity index (χ2v) is 9.37. The Bertz CT molecular complexity index is 1010. The molecule has 3 rings (SSSR count). The first-order valence-electron chi connectivity index (χ1n) is 9.70. The van der Waals surface area contributed by atoms with Gasteiger partial charge >= 0.3 is 0 Å². The molecule has 2 aromatic carbocycles. The van der Waals surface area contributed by atoms with Crippen molar-refractivity contribution in [2.24, 2.45) is 0 Å². The minimum absolute atomic E-state index is 0.123. The predicted octanol–water partition coefficient (Wildman–Crippen LogP) is 3.42. The van der Waals surface area contributed by atoms with E-state index in [1.165, 1.54) is 4.31 Å². The van der Waals surface area contributed by atoms with Gasteiger partial charge in [-0.25, -0.2) is 13.3 Å². The molecular formula is C22H26N2O4S. The topological polar surface area (TPSA) is 74.8 Å². The van der Waals surface area contributed by atoms with Crippen molar-refractivity contribution in [3.05, 3.63) is 59.7 Å². The number of amides is 2. The molecule has 0 N–H and O–H groups in total. The number of hydrogen-bond donors (Lipinski definition) is 0. The Morgan fingerprint density at radius 3 is 2.03 bits per heavy atom. The fourth-order valence-corrected chi connectivity index (χ4v) is 5.35. The smallest absolute Gasteiger partial charge is 0.252 e. The third kappa shape index (κ3) is 3.97. The van der Waals surface area contributed by atoms with E-state index in [-0.39, 0.29) is 11.3 Å². The number of hydrogen-bond acceptors (Lipinski definition) is 4. The van der Waals surface area contributed by atoms with Crippen LogP contribution in [0.3, 0.4) is 0 Å². The summed E-state index contributed by atoms with van der Waals surface area (Å²) in [7, 11) is -3.95. The maximum absolute atomic E-state index is 13.4. The van der Waals surface area contributed by atoms with Gasteiger partial charge in [-0.05, 0) is 51.5 Å². The van der Waals surface area contributed by atoms with Crippen LogP contribution in [0.4, 0.5) is 5.69 Å². The number of nitrogens with zero attached hydrogens (tertiary/aromatic N) is 2. The highest BCUT2D eigenvalue weighted by atomic mass is 32.2. The molecule has 7 heteroatoms. The molecule has 1 heterocycles. The second-order valence-electron chi connectivity index (χ2n) is 7.53. The number of carbonyl (C=O) groups is 2. The van der Waals surface area contributed by atoms with Gasteiger partial charge in [0.15, 0.2) is 0 Å². The first kappa shape index (κ1) is 21.2. The Morgan fingerprint density at radius 1 is 1.00 bits per heavy atom. The average Bonchev–Trinajstić information content (AvgIpc) is 2.96. The number of aryl methyl sites for hydroxylation is 2. The Hall–Kier alpha value is -2.51. The minimum atomic E-state index is -3.95. The zero-order valence-electron chi connectivity index (χ0n) is 17.1. The number of rotatable bonds is 6. The van der Waals surface area contributed by atoms with Crippen molar-refractivity contribution in [1.82, 2.24) is 4.31 Å². The van der Waals surface area contributed by atoms with Crippen LogP contribution >= 0.6 is 0 Å². The molecule has 0 aromatic heterocycles. The van der Waals surface area contributed by atoms with E-state index in [4.69, 9.17) is 0 Å². The van der Waals surface area contributed by atoms with Crippen molar-refractivity contribution in [1.29, 1.82) is 0 Å². The molecule has 2 aromatic rings. The maximum Gasteiger partial charge on any atom is 0.252 e. The lowest BCUT2D eigenvalue weighted by Crippen LogP contribution is -2.49. The number of carbonyl (C=O) groups excluding carboxylic acids is 2. The minimum Gasteiger partial charge on any atom is -0.274 e. The SMILES string of the molecule is CCC(C)N(C1CC(=O)N(c2ccc(C)cc2)C1=O)S(=O)(=O)c1ccc(C)cc1. The van der Waals surface area contributed by atoms with Crippen LogP contribution in [0.2, 0.25) is 0 Å². The Morgan fingerprint density at radius 2 is 1.52 bits per heavy atom. The predicted molar refractivity (Wildman–Crippen MR) is 112 cm³/mol. The van der Waals surface area contributed by atoms with Gasteiger partial charge in [-0.1, -0.05) is 42.3 Å². The van der Waals surface area contributed by atoms with E-state index < -0.39 is 33.9 Å². The molecule has 1 fully saturated rings. The normalized spacial score (nSPS) is 18.5. The monoisotopic (exact) mass is 414 g/mol. The first-order chi connectivity index (χ1) is 13.7. The maximum atomic E-state index is 13.4. The molecule has 29 heavy (non-hydrogen) atoms. The highest BCUT2D eigenvalue weighted by molar-refractivity contribution is 7.89. The molecule has 0 aliphatic carbocycles. The third-order valence-electron chi connectivity index (χ3n) is 5.34. The molecule has 2 atom stereocenters. The quantitative estimate of drug-likeness (QED) is 0.679. The second kappa shape index (κ2) is 8.08. The van der Waals surface area contributed by atoms with Crippen LogP contribution in [0.1, 0.15) is 37.8 Å². The van der Waals surface area contributed by atoms with Crippen molar-refractivity contribution in [2.75, 3.05) is 4.90 Å². The van der Waals surface area contributed by atoms with Crippen LogP contribution in [0.25, 0.3) is 0 Å². The van der Waals surface area contributed by atoms with E-state index in [0.29, 0.717) is 12.1 Å². The van der Waals surface area contributed by atoms with Gasteiger partial charge in [0.05, 0.1) is 17.0 Å². The van der Waals surface area contributed by atoms with Gasteiger partial charge in [0.25, 0.3) is 5.91 Å². The van der Waals surface area contributed by atoms with Crippen molar-refractivity contribution in [2.45, 2.75) is 57.5 Å². The summed E-state index contributed by atoms with van der Waals surface area (Å²) >= 11 is 0. The Kier molecular flexibility index (Phi) is 5.91. The molecule has 1 saturated heterocycles. The molecule has 0 bridgehead atoms. The van der Waals surface area contributed by atoms with Crippen molar-refractivity contribution in [3.63, 3.8) is 0 Å². The van der Waals surface area contributed by atoms with Crippen molar-refractivity contribution < 1.29 is 18.0 Å². The molecule has 1 aliphatic rings.